The highest BCUT2D eigenvalue weighted by Gasteiger charge is 2.45. The molecule has 0 unspecified atom stereocenters. The van der Waals surface area contributed by atoms with Crippen LogP contribution in [0.5, 0.6) is 0 Å². The third-order valence-corrected chi connectivity index (χ3v) is 5.72. The van der Waals surface area contributed by atoms with E-state index in [1.807, 2.05) is 0 Å². The zero-order valence-electron chi connectivity index (χ0n) is 20.9. The van der Waals surface area contributed by atoms with Crippen molar-refractivity contribution < 1.29 is 117 Å². The number of phosphoric ester groups is 3. The van der Waals surface area contributed by atoms with Crippen LogP contribution in [0.3, 0.4) is 0 Å². The maximum Gasteiger partial charge on any atom is 0.472 e. The van der Waals surface area contributed by atoms with Gasteiger partial charge in [0.2, 0.25) is 0 Å². The number of hydrogen-bond donors (Lipinski definition) is 15. The molecular formula is C15H33O24P3. The van der Waals surface area contributed by atoms with Gasteiger partial charge in [0.25, 0.3) is 0 Å². The van der Waals surface area contributed by atoms with Crippen LogP contribution in [0.1, 0.15) is 0 Å². The summed E-state index contributed by atoms with van der Waals surface area (Å²) in [7, 11) is -14.3. The van der Waals surface area contributed by atoms with Gasteiger partial charge in [-0.15, -0.1) is 0 Å². The van der Waals surface area contributed by atoms with E-state index in [4.69, 9.17) is 75.3 Å². The van der Waals surface area contributed by atoms with Gasteiger partial charge in [0.05, 0.1) is 19.8 Å². The second-order valence-electron chi connectivity index (χ2n) is 7.65. The first kappa shape index (κ1) is 43.4. The molecule has 42 heavy (non-hydrogen) atoms. The smallest absolute Gasteiger partial charge is 0.394 e. The van der Waals surface area contributed by atoms with Crippen LogP contribution in [0, 0.1) is 0 Å². The molecule has 0 aromatic heterocycles. The van der Waals surface area contributed by atoms with E-state index < -0.39 is 117 Å². The average Bonchev–Trinajstić information content (AvgIpc) is 3.14. The molecule has 1 saturated heterocycles. The molecule has 27 heteroatoms. The predicted molar refractivity (Wildman–Crippen MR) is 125 cm³/mol. The Kier molecular flexibility index (Phi) is 20.3. The summed E-state index contributed by atoms with van der Waals surface area (Å²) in [6.45, 7) is -4.35. The average molecular weight is 690 g/mol. The Bertz CT molecular complexity index is 893. The number of hydrogen-bond acceptors (Lipinski definition) is 18. The summed E-state index contributed by atoms with van der Waals surface area (Å²) in [5.41, 5.74) is 0. The standard InChI is InChI=1S/3C5H11O8P/c6-1-2-3(7)4(8)5(12-2)13-14(9,10)11;2*6-1-3(7)5(9)4(8)2-13-14(10,11)12/h2-8H,1H2,(H2,9,10,11);2*4-6,8-9H,1-2H2,(H2,10,11,12)/t2-,3-,4-,5-;4-,5+;4-,5-/m111/s1. The van der Waals surface area contributed by atoms with Crippen LogP contribution < -0.4 is 0 Å². The van der Waals surface area contributed by atoms with E-state index >= 15 is 0 Å². The van der Waals surface area contributed by atoms with Crippen LogP contribution in [0.15, 0.2) is 0 Å². The summed E-state index contributed by atoms with van der Waals surface area (Å²) in [5.74, 6) is -2.13. The molecule has 1 heterocycles. The van der Waals surface area contributed by atoms with E-state index in [1.54, 1.807) is 0 Å². The molecule has 0 bridgehead atoms. The van der Waals surface area contributed by atoms with Crippen molar-refractivity contribution in [2.45, 2.75) is 49.0 Å². The monoisotopic (exact) mass is 690 g/mol. The third kappa shape index (κ3) is 19.5. The molecule has 0 radical (unpaired) electrons. The van der Waals surface area contributed by atoms with Crippen molar-refractivity contribution in [1.29, 1.82) is 0 Å². The first-order chi connectivity index (χ1) is 18.9. The minimum atomic E-state index is -4.79. The lowest BCUT2D eigenvalue weighted by Gasteiger charge is -2.15. The fourth-order valence-electron chi connectivity index (χ4n) is 2.23. The number of Topliss-reactive ketones (excluding diaryl/α,β-unsaturated/α-hetero) is 2. The lowest BCUT2D eigenvalue weighted by atomic mass is 10.1. The van der Waals surface area contributed by atoms with E-state index in [2.05, 4.69) is 18.3 Å². The quantitative estimate of drug-likeness (QED) is 0.0709. The fraction of sp³-hybridized carbons (Fsp3) is 0.867. The van der Waals surface area contributed by atoms with Crippen LogP contribution in [0.25, 0.3) is 0 Å². The summed E-state index contributed by atoms with van der Waals surface area (Å²) in [5, 5.41) is 79.1. The molecule has 15 N–H and O–H groups in total. The molecule has 0 aliphatic carbocycles. The number of aliphatic hydroxyl groups is 9. The Labute approximate surface area is 234 Å². The SMILES string of the molecule is O=C(CO)[C@@H](O)[C@H](O)COP(=O)(O)O.O=C(CO)[C@H](O)[C@H](O)COP(=O)(O)O.O=P(O)(O)O[C@H]1O[C@H](CO)[C@@H](O)[C@H]1O. The van der Waals surface area contributed by atoms with Crippen LogP contribution in [-0.2, 0) is 41.6 Å². The first-order valence-corrected chi connectivity index (χ1v) is 15.3. The van der Waals surface area contributed by atoms with Gasteiger partial charge < -0.3 is 80.1 Å². The summed E-state index contributed by atoms with van der Waals surface area (Å²) in [6.07, 6.45) is -13.2. The minimum Gasteiger partial charge on any atom is -0.394 e. The molecule has 0 aromatic rings. The Hall–Kier alpha value is -0.730. The molecule has 0 amide bonds. The number of carbonyl (C=O) groups excluding carboxylic acids is 2. The molecule has 1 aliphatic rings. The fourth-order valence-corrected chi connectivity index (χ4v) is 3.37. The summed E-state index contributed by atoms with van der Waals surface area (Å²) in [6, 6.07) is 0. The molecule has 252 valence electrons. The van der Waals surface area contributed by atoms with Crippen LogP contribution in [-0.4, -0.2) is 169 Å². The molecule has 8 atom stereocenters. The van der Waals surface area contributed by atoms with Crippen LogP contribution in [0.2, 0.25) is 0 Å². The van der Waals surface area contributed by atoms with Gasteiger partial charge in [0, 0.05) is 0 Å². The lowest BCUT2D eigenvalue weighted by molar-refractivity contribution is -0.137. The number of phosphoric acid groups is 3. The largest absolute Gasteiger partial charge is 0.472 e. The van der Waals surface area contributed by atoms with Gasteiger partial charge in [0.1, 0.15) is 55.9 Å². The molecule has 24 nitrogen and oxygen atoms in total. The van der Waals surface area contributed by atoms with Crippen molar-refractivity contribution in [3.05, 3.63) is 0 Å². The first-order valence-electron chi connectivity index (χ1n) is 10.7. The Morgan fingerprint density at radius 1 is 0.667 bits per heavy atom. The highest BCUT2D eigenvalue weighted by Crippen LogP contribution is 2.41. The van der Waals surface area contributed by atoms with Crippen molar-refractivity contribution in [1.82, 2.24) is 0 Å². The van der Waals surface area contributed by atoms with E-state index in [0.29, 0.717) is 0 Å². The van der Waals surface area contributed by atoms with Crippen molar-refractivity contribution >= 4 is 35.0 Å². The van der Waals surface area contributed by atoms with E-state index in [1.165, 1.54) is 0 Å². The minimum absolute atomic E-state index is 0.584. The van der Waals surface area contributed by atoms with Crippen molar-refractivity contribution in [3.63, 3.8) is 0 Å². The van der Waals surface area contributed by atoms with Crippen molar-refractivity contribution in [2.75, 3.05) is 33.0 Å². The van der Waals surface area contributed by atoms with Gasteiger partial charge in [-0.25, -0.2) is 13.7 Å². The molecule has 1 aliphatic heterocycles. The molecule has 1 fully saturated rings. The Balaban J connectivity index is 0. The molecular weight excluding hydrogens is 657 g/mol. The summed E-state index contributed by atoms with van der Waals surface area (Å²) in [4.78, 5) is 70.7. The van der Waals surface area contributed by atoms with Gasteiger partial charge >= 0.3 is 23.5 Å². The van der Waals surface area contributed by atoms with Crippen molar-refractivity contribution in [3.8, 4) is 0 Å². The number of ether oxygens (including phenoxy) is 1. The van der Waals surface area contributed by atoms with Gasteiger partial charge in [-0.3, -0.25) is 23.2 Å². The molecule has 0 aromatic carbocycles. The normalized spacial score (nSPS) is 23.9. The van der Waals surface area contributed by atoms with Crippen molar-refractivity contribution in [2.24, 2.45) is 0 Å². The van der Waals surface area contributed by atoms with E-state index in [-0.39, 0.29) is 0 Å². The van der Waals surface area contributed by atoms with Crippen LogP contribution in [0.4, 0.5) is 0 Å². The summed E-state index contributed by atoms with van der Waals surface area (Å²) >= 11 is 0. The highest BCUT2D eigenvalue weighted by atomic mass is 31.2. The second kappa shape index (κ2) is 19.6. The number of aliphatic hydroxyl groups excluding tert-OH is 9. The number of carbonyl (C=O) groups is 2. The Morgan fingerprint density at radius 2 is 1.02 bits per heavy atom. The zero-order valence-corrected chi connectivity index (χ0v) is 23.6. The maximum absolute atomic E-state index is 10.6. The molecule has 0 saturated carbocycles. The third-order valence-electron chi connectivity index (χ3n) is 4.27. The van der Waals surface area contributed by atoms with Gasteiger partial charge in [-0.05, 0) is 0 Å². The van der Waals surface area contributed by atoms with Crippen LogP contribution >= 0.6 is 23.5 Å². The zero-order chi connectivity index (χ0) is 33.6. The highest BCUT2D eigenvalue weighted by molar-refractivity contribution is 7.46. The maximum atomic E-state index is 10.6. The van der Waals surface area contributed by atoms with E-state index in [0.717, 1.165) is 0 Å². The topological polar surface area (TPSA) is 426 Å². The Morgan fingerprint density at radius 3 is 1.26 bits per heavy atom. The van der Waals surface area contributed by atoms with E-state index in [9.17, 15) is 23.3 Å². The molecule has 1 rings (SSSR count). The predicted octanol–water partition coefficient (Wildman–Crippen LogP) is -7.71. The summed E-state index contributed by atoms with van der Waals surface area (Å²) < 4.78 is 47.0. The van der Waals surface area contributed by atoms with Gasteiger partial charge in [0.15, 0.2) is 17.9 Å². The number of rotatable bonds is 15. The second-order valence-corrected chi connectivity index (χ2v) is 11.3. The lowest BCUT2D eigenvalue weighted by Crippen LogP contribution is -2.38. The van der Waals surface area contributed by atoms with Gasteiger partial charge in [-0.1, -0.05) is 0 Å². The molecule has 0 spiro atoms. The van der Waals surface area contributed by atoms with Gasteiger partial charge in [-0.2, -0.15) is 0 Å². The number of ketones is 2.